The molecule has 4 heteroatoms. The molecule has 2 aliphatic rings. The average molecular weight is 368 g/mol. The summed E-state index contributed by atoms with van der Waals surface area (Å²) in [4.78, 5) is 3.66. The lowest BCUT2D eigenvalue weighted by Gasteiger charge is -2.33. The number of rotatable bonds is 0. The van der Waals surface area contributed by atoms with E-state index in [-0.39, 0.29) is 6.71 Å². The molecule has 2 aliphatic heterocycles. The lowest BCUT2D eigenvalue weighted by molar-refractivity contribution is 0.487. The van der Waals surface area contributed by atoms with Gasteiger partial charge in [-0.1, -0.05) is 54.6 Å². The minimum atomic E-state index is 0.0622. The number of benzene rings is 4. The Morgan fingerprint density at radius 2 is 1.66 bits per heavy atom. The van der Waals surface area contributed by atoms with Crippen LogP contribution in [0.3, 0.4) is 0 Å². The molecular formula is C25H13BN2O. The van der Waals surface area contributed by atoms with Gasteiger partial charge in [0.1, 0.15) is 11.5 Å². The summed E-state index contributed by atoms with van der Waals surface area (Å²) in [5, 5.41) is 2.53. The molecule has 0 unspecified atom stereocenters. The molecule has 0 atom stereocenters. The third kappa shape index (κ3) is 1.73. The number of aromatic nitrogens is 1. The normalized spacial score (nSPS) is 13.0. The van der Waals surface area contributed by atoms with Crippen molar-refractivity contribution < 1.29 is 4.74 Å². The Hall–Kier alpha value is -3.97. The van der Waals surface area contributed by atoms with E-state index in [9.17, 15) is 0 Å². The fourth-order valence-electron chi connectivity index (χ4n) is 5.16. The molecule has 0 fully saturated rings. The zero-order valence-corrected chi connectivity index (χ0v) is 15.4. The van der Waals surface area contributed by atoms with E-state index in [1.807, 2.05) is 24.3 Å². The van der Waals surface area contributed by atoms with Crippen LogP contribution in [-0.4, -0.2) is 11.3 Å². The van der Waals surface area contributed by atoms with Gasteiger partial charge in [-0.25, -0.2) is 4.85 Å². The van der Waals surface area contributed by atoms with Crippen molar-refractivity contribution in [1.82, 2.24) is 4.57 Å². The van der Waals surface area contributed by atoms with Crippen molar-refractivity contribution in [3.05, 3.63) is 90.3 Å². The van der Waals surface area contributed by atoms with Gasteiger partial charge < -0.3 is 9.30 Å². The van der Waals surface area contributed by atoms with E-state index in [0.717, 1.165) is 22.6 Å². The van der Waals surface area contributed by atoms with E-state index >= 15 is 0 Å². The second-order valence-electron chi connectivity index (χ2n) is 7.65. The molecule has 29 heavy (non-hydrogen) atoms. The lowest BCUT2D eigenvalue weighted by Crippen LogP contribution is -2.58. The van der Waals surface area contributed by atoms with E-state index in [1.54, 1.807) is 0 Å². The zero-order valence-electron chi connectivity index (χ0n) is 15.4. The van der Waals surface area contributed by atoms with Crippen LogP contribution in [0.25, 0.3) is 32.3 Å². The van der Waals surface area contributed by atoms with Crippen LogP contribution in [0.2, 0.25) is 0 Å². The van der Waals surface area contributed by atoms with Gasteiger partial charge >= 0.3 is 0 Å². The molecular weight excluding hydrogens is 355 g/mol. The van der Waals surface area contributed by atoms with E-state index < -0.39 is 0 Å². The first kappa shape index (κ1) is 15.0. The SMILES string of the molecule is [C-]#[N+]c1ccc2c(c1)B1c3c(cccc3-n3c4ccccc4c4cccc1c43)O2. The highest BCUT2D eigenvalue weighted by Crippen LogP contribution is 2.37. The molecule has 3 heterocycles. The van der Waals surface area contributed by atoms with E-state index in [0.29, 0.717) is 5.69 Å². The Morgan fingerprint density at radius 1 is 0.793 bits per heavy atom. The molecule has 0 aliphatic carbocycles. The van der Waals surface area contributed by atoms with Crippen molar-refractivity contribution in [3.63, 3.8) is 0 Å². The molecule has 0 radical (unpaired) electrons. The molecule has 0 amide bonds. The molecule has 7 rings (SSSR count). The Balaban J connectivity index is 1.72. The van der Waals surface area contributed by atoms with Crippen LogP contribution in [0.5, 0.6) is 11.5 Å². The summed E-state index contributed by atoms with van der Waals surface area (Å²) in [5.41, 5.74) is 7.80. The molecule has 0 saturated heterocycles. The maximum absolute atomic E-state index is 7.47. The summed E-state index contributed by atoms with van der Waals surface area (Å²) < 4.78 is 8.68. The first-order valence-electron chi connectivity index (χ1n) is 9.70. The maximum atomic E-state index is 7.47. The minimum absolute atomic E-state index is 0.0622. The van der Waals surface area contributed by atoms with Gasteiger partial charge in [-0.3, -0.25) is 0 Å². The first-order chi connectivity index (χ1) is 14.3. The number of hydrogen-bond acceptors (Lipinski definition) is 1. The van der Waals surface area contributed by atoms with Gasteiger partial charge in [0.25, 0.3) is 6.71 Å². The van der Waals surface area contributed by atoms with Gasteiger partial charge in [0.2, 0.25) is 0 Å². The maximum Gasteiger partial charge on any atom is 0.254 e. The van der Waals surface area contributed by atoms with Crippen molar-refractivity contribution in [1.29, 1.82) is 0 Å². The topological polar surface area (TPSA) is 18.5 Å². The number of nitrogens with zero attached hydrogens (tertiary/aromatic N) is 2. The third-order valence-electron chi connectivity index (χ3n) is 6.26. The number of hydrogen-bond donors (Lipinski definition) is 0. The van der Waals surface area contributed by atoms with Crippen LogP contribution in [0.15, 0.2) is 78.9 Å². The van der Waals surface area contributed by atoms with Gasteiger partial charge in [0.15, 0.2) is 5.69 Å². The number of ether oxygens (including phenoxy) is 1. The second-order valence-corrected chi connectivity index (χ2v) is 7.65. The standard InChI is InChI=1S/C25H13BN2O/c1-27-15-12-13-22-19(14-15)26-18-8-4-7-17-16-6-2-3-9-20(16)28(25(17)18)21-10-5-11-23(29-22)24(21)26/h2-14H. The first-order valence-corrected chi connectivity index (χ1v) is 9.70. The molecule has 1 aromatic heterocycles. The molecule has 0 bridgehead atoms. The predicted octanol–water partition coefficient (Wildman–Crippen LogP) is 4.27. The summed E-state index contributed by atoms with van der Waals surface area (Å²) >= 11 is 0. The minimum Gasteiger partial charge on any atom is -0.458 e. The van der Waals surface area contributed by atoms with E-state index in [1.165, 1.54) is 32.7 Å². The van der Waals surface area contributed by atoms with Gasteiger partial charge in [-0.15, -0.1) is 0 Å². The van der Waals surface area contributed by atoms with Crippen LogP contribution in [0, 0.1) is 6.57 Å². The number of fused-ring (bicyclic) bond motifs is 7. The Kier molecular flexibility index (Phi) is 2.64. The van der Waals surface area contributed by atoms with Crippen molar-refractivity contribution in [2.75, 3.05) is 0 Å². The summed E-state index contributed by atoms with van der Waals surface area (Å²) in [7, 11) is 0. The highest BCUT2D eigenvalue weighted by Gasteiger charge is 2.39. The van der Waals surface area contributed by atoms with Gasteiger partial charge in [0.05, 0.1) is 12.1 Å². The lowest BCUT2D eigenvalue weighted by atomic mass is 9.34. The number of para-hydroxylation sites is 2. The molecule has 5 aromatic rings. The predicted molar refractivity (Wildman–Crippen MR) is 118 cm³/mol. The highest BCUT2D eigenvalue weighted by molar-refractivity contribution is 6.99. The van der Waals surface area contributed by atoms with Crippen molar-refractivity contribution in [2.24, 2.45) is 0 Å². The monoisotopic (exact) mass is 368 g/mol. The van der Waals surface area contributed by atoms with E-state index in [2.05, 4.69) is 64.0 Å². The van der Waals surface area contributed by atoms with Crippen molar-refractivity contribution >= 4 is 50.6 Å². The van der Waals surface area contributed by atoms with Crippen LogP contribution in [-0.2, 0) is 0 Å². The molecule has 4 aromatic carbocycles. The molecule has 0 saturated carbocycles. The van der Waals surface area contributed by atoms with Gasteiger partial charge in [-0.2, -0.15) is 0 Å². The van der Waals surface area contributed by atoms with Crippen LogP contribution in [0.4, 0.5) is 5.69 Å². The smallest absolute Gasteiger partial charge is 0.254 e. The summed E-state index contributed by atoms with van der Waals surface area (Å²) in [6.07, 6.45) is 0. The van der Waals surface area contributed by atoms with E-state index in [4.69, 9.17) is 11.3 Å². The third-order valence-corrected chi connectivity index (χ3v) is 6.26. The summed E-state index contributed by atoms with van der Waals surface area (Å²) in [6.45, 7) is 7.53. The largest absolute Gasteiger partial charge is 0.458 e. The Labute approximate surface area is 167 Å². The van der Waals surface area contributed by atoms with Gasteiger partial charge in [-0.05, 0) is 40.7 Å². The van der Waals surface area contributed by atoms with Crippen molar-refractivity contribution in [2.45, 2.75) is 0 Å². The Bertz CT molecular complexity index is 1560. The molecule has 0 N–H and O–H groups in total. The fraction of sp³-hybridized carbons (Fsp3) is 0. The quantitative estimate of drug-likeness (QED) is 0.289. The molecule has 0 spiro atoms. The zero-order chi connectivity index (χ0) is 19.1. The Morgan fingerprint density at radius 3 is 2.59 bits per heavy atom. The summed E-state index contributed by atoms with van der Waals surface area (Å²) in [6, 6.07) is 27.2. The van der Waals surface area contributed by atoms with Gasteiger partial charge in [0, 0.05) is 22.0 Å². The van der Waals surface area contributed by atoms with Crippen LogP contribution in [0.1, 0.15) is 0 Å². The van der Waals surface area contributed by atoms with Crippen LogP contribution < -0.4 is 21.1 Å². The highest BCUT2D eigenvalue weighted by atomic mass is 16.5. The van der Waals surface area contributed by atoms with Crippen molar-refractivity contribution in [3.8, 4) is 17.2 Å². The average Bonchev–Trinajstić information content (AvgIpc) is 3.12. The molecule has 132 valence electrons. The molecule has 3 nitrogen and oxygen atoms in total. The van der Waals surface area contributed by atoms with Crippen LogP contribution >= 0.6 is 0 Å². The summed E-state index contributed by atoms with van der Waals surface area (Å²) in [5.74, 6) is 1.74. The second kappa shape index (κ2) is 5.09. The fourth-order valence-corrected chi connectivity index (χ4v) is 5.16.